The van der Waals surface area contributed by atoms with E-state index in [9.17, 15) is 0 Å². The molecule has 1 aliphatic rings. The van der Waals surface area contributed by atoms with Gasteiger partial charge < -0.3 is 0 Å². The molecule has 64 valence electrons. The van der Waals surface area contributed by atoms with Gasteiger partial charge in [0.05, 0.1) is 0 Å². The Labute approximate surface area is 86.7 Å². The summed E-state index contributed by atoms with van der Waals surface area (Å²) in [5.74, 6) is 0. The summed E-state index contributed by atoms with van der Waals surface area (Å²) in [5.41, 5.74) is 2.83. The largest absolute Gasteiger partial charge is 0.260 e. The van der Waals surface area contributed by atoms with E-state index in [1.165, 1.54) is 46.9 Å². The lowest BCUT2D eigenvalue weighted by Gasteiger charge is -2.03. The second kappa shape index (κ2) is 3.73. The highest BCUT2D eigenvalue weighted by Crippen LogP contribution is 2.19. The minimum atomic E-state index is 1.19. The van der Waals surface area contributed by atoms with Crippen molar-refractivity contribution in [3.63, 3.8) is 0 Å². The summed E-state index contributed by atoms with van der Waals surface area (Å²) in [6.07, 6.45) is 8.43. The van der Waals surface area contributed by atoms with Crippen LogP contribution < -0.4 is 0 Å². The predicted octanol–water partition coefficient (Wildman–Crippen LogP) is 2.96. The van der Waals surface area contributed by atoms with Gasteiger partial charge in [0.2, 0.25) is 0 Å². The first-order valence-corrected chi connectivity index (χ1v) is 5.57. The molecule has 0 spiro atoms. The fraction of sp³-hybridized carbons (Fsp3) is 0.500. The predicted molar refractivity (Wildman–Crippen MR) is 58.2 cm³/mol. The SMILES string of the molecule is Ic1cnc2c(c1)CCCCC2. The Hall–Kier alpha value is -0.120. The monoisotopic (exact) mass is 273 g/mol. The fourth-order valence-electron chi connectivity index (χ4n) is 1.74. The lowest BCUT2D eigenvalue weighted by molar-refractivity contribution is 0.708. The molecule has 0 fully saturated rings. The summed E-state index contributed by atoms with van der Waals surface area (Å²) >= 11 is 2.34. The van der Waals surface area contributed by atoms with Crippen LogP contribution in [0.4, 0.5) is 0 Å². The van der Waals surface area contributed by atoms with Crippen LogP contribution >= 0.6 is 22.6 Å². The summed E-state index contributed by atoms with van der Waals surface area (Å²) in [7, 11) is 0. The van der Waals surface area contributed by atoms with Gasteiger partial charge in [0.15, 0.2) is 0 Å². The van der Waals surface area contributed by atoms with E-state index >= 15 is 0 Å². The van der Waals surface area contributed by atoms with Crippen LogP contribution in [0, 0.1) is 3.57 Å². The fourth-order valence-corrected chi connectivity index (χ4v) is 2.25. The molecule has 2 heteroatoms. The molecule has 0 unspecified atom stereocenters. The van der Waals surface area contributed by atoms with E-state index in [4.69, 9.17) is 0 Å². The first-order valence-electron chi connectivity index (χ1n) is 4.49. The van der Waals surface area contributed by atoms with Crippen molar-refractivity contribution in [2.75, 3.05) is 0 Å². The normalized spacial score (nSPS) is 16.8. The van der Waals surface area contributed by atoms with Crippen LogP contribution in [-0.4, -0.2) is 4.98 Å². The Morgan fingerprint density at radius 1 is 1.17 bits per heavy atom. The highest BCUT2D eigenvalue weighted by atomic mass is 127. The minimum Gasteiger partial charge on any atom is -0.260 e. The van der Waals surface area contributed by atoms with Crippen LogP contribution in [0.3, 0.4) is 0 Å². The molecule has 0 amide bonds. The van der Waals surface area contributed by atoms with E-state index in [2.05, 4.69) is 33.6 Å². The van der Waals surface area contributed by atoms with E-state index in [0.29, 0.717) is 0 Å². The molecule has 0 aromatic carbocycles. The zero-order chi connectivity index (χ0) is 8.39. The highest BCUT2D eigenvalue weighted by Gasteiger charge is 2.08. The van der Waals surface area contributed by atoms with Gasteiger partial charge in [0, 0.05) is 15.5 Å². The molecule has 1 aliphatic carbocycles. The second-order valence-corrected chi connectivity index (χ2v) is 4.57. The average molecular weight is 273 g/mol. The lowest BCUT2D eigenvalue weighted by atomic mass is 10.1. The number of pyridine rings is 1. The summed E-state index contributed by atoms with van der Waals surface area (Å²) in [5, 5.41) is 0. The van der Waals surface area contributed by atoms with E-state index < -0.39 is 0 Å². The van der Waals surface area contributed by atoms with Gasteiger partial charge in [-0.05, 0) is 59.9 Å². The van der Waals surface area contributed by atoms with Gasteiger partial charge in [0.1, 0.15) is 0 Å². The van der Waals surface area contributed by atoms with Crippen LogP contribution in [-0.2, 0) is 12.8 Å². The minimum absolute atomic E-state index is 1.19. The molecule has 0 bridgehead atoms. The second-order valence-electron chi connectivity index (χ2n) is 3.32. The number of aromatic nitrogens is 1. The third kappa shape index (κ3) is 1.79. The van der Waals surface area contributed by atoms with Crippen molar-refractivity contribution < 1.29 is 0 Å². The molecule has 0 aliphatic heterocycles. The quantitative estimate of drug-likeness (QED) is 0.523. The van der Waals surface area contributed by atoms with Gasteiger partial charge >= 0.3 is 0 Å². The maximum absolute atomic E-state index is 4.47. The Kier molecular flexibility index (Phi) is 2.63. The van der Waals surface area contributed by atoms with E-state index in [0.717, 1.165) is 0 Å². The van der Waals surface area contributed by atoms with Crippen LogP contribution in [0.15, 0.2) is 12.3 Å². The molecule has 2 rings (SSSR count). The number of nitrogens with zero attached hydrogens (tertiary/aromatic N) is 1. The molecule has 0 atom stereocenters. The zero-order valence-electron chi connectivity index (χ0n) is 7.02. The maximum Gasteiger partial charge on any atom is 0.0436 e. The van der Waals surface area contributed by atoms with E-state index in [1.54, 1.807) is 0 Å². The van der Waals surface area contributed by atoms with Crippen molar-refractivity contribution in [2.45, 2.75) is 32.1 Å². The summed E-state index contributed by atoms with van der Waals surface area (Å²) in [6.45, 7) is 0. The van der Waals surface area contributed by atoms with Crippen molar-refractivity contribution in [3.05, 3.63) is 27.1 Å². The summed E-state index contributed by atoms with van der Waals surface area (Å²) in [6, 6.07) is 2.29. The zero-order valence-corrected chi connectivity index (χ0v) is 9.17. The Morgan fingerprint density at radius 3 is 2.92 bits per heavy atom. The third-order valence-electron chi connectivity index (χ3n) is 2.39. The Balaban J connectivity index is 2.36. The molecule has 12 heavy (non-hydrogen) atoms. The van der Waals surface area contributed by atoms with Crippen molar-refractivity contribution in [1.29, 1.82) is 0 Å². The van der Waals surface area contributed by atoms with Gasteiger partial charge in [-0.15, -0.1) is 0 Å². The molecule has 1 heterocycles. The highest BCUT2D eigenvalue weighted by molar-refractivity contribution is 14.1. The van der Waals surface area contributed by atoms with Crippen LogP contribution in [0.5, 0.6) is 0 Å². The number of fused-ring (bicyclic) bond motifs is 1. The molecular weight excluding hydrogens is 261 g/mol. The Morgan fingerprint density at radius 2 is 2.00 bits per heavy atom. The van der Waals surface area contributed by atoms with Gasteiger partial charge in [-0.2, -0.15) is 0 Å². The number of aryl methyl sites for hydroxylation is 2. The van der Waals surface area contributed by atoms with Gasteiger partial charge in [-0.1, -0.05) is 6.42 Å². The number of hydrogen-bond donors (Lipinski definition) is 0. The number of halogens is 1. The smallest absolute Gasteiger partial charge is 0.0436 e. The summed E-state index contributed by atoms with van der Waals surface area (Å²) < 4.78 is 1.27. The molecule has 0 saturated carbocycles. The number of rotatable bonds is 0. The van der Waals surface area contributed by atoms with Crippen LogP contribution in [0.2, 0.25) is 0 Å². The average Bonchev–Trinajstić information content (AvgIpc) is 2.28. The van der Waals surface area contributed by atoms with E-state index in [-0.39, 0.29) is 0 Å². The first kappa shape index (κ1) is 8.48. The molecule has 0 saturated heterocycles. The first-order chi connectivity index (χ1) is 5.86. The Bertz CT molecular complexity index is 283. The van der Waals surface area contributed by atoms with Crippen LogP contribution in [0.25, 0.3) is 0 Å². The van der Waals surface area contributed by atoms with Gasteiger partial charge in [-0.3, -0.25) is 4.98 Å². The summed E-state index contributed by atoms with van der Waals surface area (Å²) in [4.78, 5) is 4.47. The van der Waals surface area contributed by atoms with Crippen molar-refractivity contribution in [1.82, 2.24) is 4.98 Å². The third-order valence-corrected chi connectivity index (χ3v) is 2.98. The van der Waals surface area contributed by atoms with Gasteiger partial charge in [0.25, 0.3) is 0 Å². The lowest BCUT2D eigenvalue weighted by Crippen LogP contribution is -1.95. The van der Waals surface area contributed by atoms with Gasteiger partial charge in [-0.25, -0.2) is 0 Å². The molecule has 0 radical (unpaired) electrons. The van der Waals surface area contributed by atoms with Crippen molar-refractivity contribution >= 4 is 22.6 Å². The molecular formula is C10H12IN. The van der Waals surface area contributed by atoms with Crippen molar-refractivity contribution in [3.8, 4) is 0 Å². The molecule has 1 aromatic heterocycles. The van der Waals surface area contributed by atoms with Crippen molar-refractivity contribution in [2.24, 2.45) is 0 Å². The number of hydrogen-bond acceptors (Lipinski definition) is 1. The van der Waals surface area contributed by atoms with E-state index in [1.807, 2.05) is 6.20 Å². The van der Waals surface area contributed by atoms with Crippen LogP contribution in [0.1, 0.15) is 30.5 Å². The molecule has 1 aromatic rings. The molecule has 0 N–H and O–H groups in total. The molecule has 1 nitrogen and oxygen atoms in total. The standard InChI is InChI=1S/C10H12IN/c11-9-6-8-4-2-1-3-5-10(8)12-7-9/h6-7H,1-5H2. The topological polar surface area (TPSA) is 12.9 Å². The maximum atomic E-state index is 4.47.